The topological polar surface area (TPSA) is 21.1 Å². The van der Waals surface area contributed by atoms with Gasteiger partial charge in [-0.2, -0.15) is 0 Å². The zero-order valence-corrected chi connectivity index (χ0v) is 20.4. The molecule has 8 rings (SSSR count). The van der Waals surface area contributed by atoms with E-state index in [0.29, 0.717) is 0 Å². The first kappa shape index (κ1) is 20.3. The maximum absolute atomic E-state index is 4.53. The van der Waals surface area contributed by atoms with E-state index in [2.05, 4.69) is 131 Å². The maximum Gasteiger partial charge on any atom is 0.0674 e. The lowest BCUT2D eigenvalue weighted by Crippen LogP contribution is -2.16. The van der Waals surface area contributed by atoms with E-state index in [1.54, 1.807) is 0 Å². The standard InChI is InChI=1S/C34H23N3/c1-22-17-18-35-21-33(22)37-30-16-8-10-23-9-7-14-26(34(23)30)28-19-27-25-13-5-6-15-29(25)36(31(27)20-32(28)37)24-11-3-2-4-12-24/h2-21H,1H3. The molecule has 0 saturated carbocycles. The molecule has 0 unspecified atom stereocenters. The van der Waals surface area contributed by atoms with E-state index in [-0.39, 0.29) is 0 Å². The number of aryl methyl sites for hydroxylation is 1. The number of rotatable bonds is 2. The highest BCUT2D eigenvalue weighted by Crippen LogP contribution is 2.53. The van der Waals surface area contributed by atoms with Crippen molar-refractivity contribution in [2.75, 3.05) is 4.90 Å². The normalized spacial score (nSPS) is 12.4. The molecule has 37 heavy (non-hydrogen) atoms. The average molecular weight is 474 g/mol. The summed E-state index contributed by atoms with van der Waals surface area (Å²) in [6.07, 6.45) is 3.86. The molecule has 0 radical (unpaired) electrons. The van der Waals surface area contributed by atoms with Crippen molar-refractivity contribution in [2.24, 2.45) is 0 Å². The van der Waals surface area contributed by atoms with Gasteiger partial charge in [0.05, 0.1) is 34.3 Å². The third-order valence-electron chi connectivity index (χ3n) is 7.71. The van der Waals surface area contributed by atoms with Gasteiger partial charge in [-0.1, -0.05) is 66.7 Å². The minimum absolute atomic E-state index is 1.10. The van der Waals surface area contributed by atoms with Gasteiger partial charge < -0.3 is 9.47 Å². The Kier molecular flexibility index (Phi) is 4.15. The summed E-state index contributed by atoms with van der Waals surface area (Å²) in [6.45, 7) is 2.16. The highest BCUT2D eigenvalue weighted by molar-refractivity contribution is 6.19. The van der Waals surface area contributed by atoms with Gasteiger partial charge in [0.1, 0.15) is 0 Å². The van der Waals surface area contributed by atoms with Crippen molar-refractivity contribution in [1.29, 1.82) is 0 Å². The highest BCUT2D eigenvalue weighted by Gasteiger charge is 2.28. The number of benzene rings is 5. The van der Waals surface area contributed by atoms with Gasteiger partial charge in [-0.3, -0.25) is 4.98 Å². The number of para-hydroxylation sites is 2. The molecule has 7 aromatic rings. The van der Waals surface area contributed by atoms with E-state index >= 15 is 0 Å². The van der Waals surface area contributed by atoms with Gasteiger partial charge in [-0.25, -0.2) is 0 Å². The maximum atomic E-state index is 4.53. The Morgan fingerprint density at radius 2 is 1.41 bits per heavy atom. The molecule has 1 aliphatic rings. The summed E-state index contributed by atoms with van der Waals surface area (Å²) in [4.78, 5) is 6.93. The lowest BCUT2D eigenvalue weighted by molar-refractivity contribution is 1.17. The Balaban J connectivity index is 1.56. The summed E-state index contributed by atoms with van der Waals surface area (Å²) in [5.41, 5.74) is 10.8. The van der Waals surface area contributed by atoms with Gasteiger partial charge >= 0.3 is 0 Å². The van der Waals surface area contributed by atoms with Crippen molar-refractivity contribution >= 4 is 49.6 Å². The summed E-state index contributed by atoms with van der Waals surface area (Å²) >= 11 is 0. The first-order valence-electron chi connectivity index (χ1n) is 12.6. The minimum atomic E-state index is 1.10. The molecule has 1 aliphatic heterocycles. The molecule has 0 saturated heterocycles. The van der Waals surface area contributed by atoms with Crippen LogP contribution >= 0.6 is 0 Å². The summed E-state index contributed by atoms with van der Waals surface area (Å²) in [5.74, 6) is 0. The minimum Gasteiger partial charge on any atom is -0.309 e. The third kappa shape index (κ3) is 2.80. The smallest absolute Gasteiger partial charge is 0.0674 e. The number of hydrogen-bond donors (Lipinski definition) is 0. The quantitative estimate of drug-likeness (QED) is 0.250. The van der Waals surface area contributed by atoms with Crippen LogP contribution in [0.5, 0.6) is 0 Å². The predicted molar refractivity (Wildman–Crippen MR) is 154 cm³/mol. The van der Waals surface area contributed by atoms with Crippen LogP contribution in [0.4, 0.5) is 17.1 Å². The summed E-state index contributed by atoms with van der Waals surface area (Å²) in [6, 6.07) is 39.5. The van der Waals surface area contributed by atoms with Gasteiger partial charge in [-0.15, -0.1) is 0 Å². The van der Waals surface area contributed by atoms with Crippen molar-refractivity contribution in [2.45, 2.75) is 6.92 Å². The van der Waals surface area contributed by atoms with Crippen molar-refractivity contribution in [1.82, 2.24) is 9.55 Å². The Morgan fingerprint density at radius 1 is 0.595 bits per heavy atom. The zero-order valence-electron chi connectivity index (χ0n) is 20.4. The second-order valence-corrected chi connectivity index (χ2v) is 9.75. The SMILES string of the molecule is Cc1ccncc1N1c2cc3c(cc2-c2cccc4cccc1c24)c1ccccc1n3-c1ccccc1. The summed E-state index contributed by atoms with van der Waals surface area (Å²) in [5, 5.41) is 5.06. The molecule has 0 amide bonds. The van der Waals surface area contributed by atoms with Crippen LogP contribution in [0.15, 0.2) is 122 Å². The van der Waals surface area contributed by atoms with Crippen LogP contribution in [0.2, 0.25) is 0 Å². The fraction of sp³-hybridized carbons (Fsp3) is 0.0294. The number of nitrogens with zero attached hydrogens (tertiary/aromatic N) is 3. The van der Waals surface area contributed by atoms with Gasteiger partial charge in [0.25, 0.3) is 0 Å². The van der Waals surface area contributed by atoms with Gasteiger partial charge in [0.15, 0.2) is 0 Å². The van der Waals surface area contributed by atoms with Crippen LogP contribution in [-0.4, -0.2) is 9.55 Å². The fourth-order valence-electron chi connectivity index (χ4n) is 6.07. The van der Waals surface area contributed by atoms with Crippen LogP contribution in [0, 0.1) is 6.92 Å². The first-order chi connectivity index (χ1) is 18.3. The first-order valence-corrected chi connectivity index (χ1v) is 12.6. The second-order valence-electron chi connectivity index (χ2n) is 9.75. The third-order valence-corrected chi connectivity index (χ3v) is 7.71. The van der Waals surface area contributed by atoms with Crippen LogP contribution in [0.3, 0.4) is 0 Å². The number of anilines is 3. The van der Waals surface area contributed by atoms with E-state index in [1.807, 2.05) is 12.4 Å². The van der Waals surface area contributed by atoms with Crippen molar-refractivity contribution in [3.8, 4) is 16.8 Å². The molecule has 174 valence electrons. The van der Waals surface area contributed by atoms with Crippen LogP contribution in [0.1, 0.15) is 5.56 Å². The molecule has 5 aromatic carbocycles. The Morgan fingerprint density at radius 3 is 2.27 bits per heavy atom. The molecular formula is C34H23N3. The molecule has 3 heterocycles. The average Bonchev–Trinajstić information content (AvgIpc) is 3.27. The van der Waals surface area contributed by atoms with E-state index in [4.69, 9.17) is 0 Å². The van der Waals surface area contributed by atoms with Crippen molar-refractivity contribution in [3.63, 3.8) is 0 Å². The molecule has 0 N–H and O–H groups in total. The zero-order chi connectivity index (χ0) is 24.5. The van der Waals surface area contributed by atoms with E-state index < -0.39 is 0 Å². The Labute approximate surface area is 214 Å². The van der Waals surface area contributed by atoms with Gasteiger partial charge in [-0.05, 0) is 65.9 Å². The highest BCUT2D eigenvalue weighted by atomic mass is 15.2. The lowest BCUT2D eigenvalue weighted by Gasteiger charge is -2.34. The monoisotopic (exact) mass is 473 g/mol. The van der Waals surface area contributed by atoms with Crippen molar-refractivity contribution < 1.29 is 0 Å². The number of aromatic nitrogens is 2. The molecule has 2 aromatic heterocycles. The Bertz CT molecular complexity index is 1990. The molecular weight excluding hydrogens is 450 g/mol. The molecule has 0 aliphatic carbocycles. The van der Waals surface area contributed by atoms with E-state index in [9.17, 15) is 0 Å². The van der Waals surface area contributed by atoms with E-state index in [0.717, 1.165) is 11.4 Å². The largest absolute Gasteiger partial charge is 0.309 e. The summed E-state index contributed by atoms with van der Waals surface area (Å²) < 4.78 is 2.39. The van der Waals surface area contributed by atoms with Gasteiger partial charge in [0.2, 0.25) is 0 Å². The van der Waals surface area contributed by atoms with Crippen LogP contribution in [0.25, 0.3) is 49.4 Å². The van der Waals surface area contributed by atoms with Crippen LogP contribution < -0.4 is 4.90 Å². The van der Waals surface area contributed by atoms with E-state index in [1.165, 1.54) is 60.6 Å². The fourth-order valence-corrected chi connectivity index (χ4v) is 6.07. The number of fused-ring (bicyclic) bond motifs is 5. The molecule has 0 bridgehead atoms. The molecule has 0 atom stereocenters. The molecule has 0 spiro atoms. The number of hydrogen-bond acceptors (Lipinski definition) is 2. The second kappa shape index (κ2) is 7.55. The summed E-state index contributed by atoms with van der Waals surface area (Å²) in [7, 11) is 0. The predicted octanol–water partition coefficient (Wildman–Crippen LogP) is 9.09. The molecule has 0 fully saturated rings. The van der Waals surface area contributed by atoms with Gasteiger partial charge in [0, 0.05) is 33.6 Å². The molecule has 3 heteroatoms. The lowest BCUT2D eigenvalue weighted by atomic mass is 9.89. The Hall–Kier alpha value is -4.89. The van der Waals surface area contributed by atoms with Crippen molar-refractivity contribution in [3.05, 3.63) is 127 Å². The number of pyridine rings is 1. The molecule has 3 nitrogen and oxygen atoms in total. The van der Waals surface area contributed by atoms with Crippen LogP contribution in [-0.2, 0) is 0 Å².